The average molecular weight is 362 g/mol. The van der Waals surface area contributed by atoms with Gasteiger partial charge in [-0.15, -0.1) is 11.8 Å². The van der Waals surface area contributed by atoms with Crippen molar-refractivity contribution >= 4 is 47.0 Å². The Morgan fingerprint density at radius 2 is 1.88 bits per heavy atom. The Labute approximate surface area is 149 Å². The van der Waals surface area contributed by atoms with Gasteiger partial charge in [-0.25, -0.2) is 4.79 Å². The number of esters is 1. The minimum Gasteiger partial charge on any atom is -0.452 e. The molecule has 24 heavy (non-hydrogen) atoms. The van der Waals surface area contributed by atoms with Crippen molar-refractivity contribution < 1.29 is 14.3 Å². The van der Waals surface area contributed by atoms with Crippen molar-refractivity contribution in [2.75, 3.05) is 18.2 Å². The molecule has 0 fully saturated rings. The van der Waals surface area contributed by atoms with E-state index in [4.69, 9.17) is 16.3 Å². The van der Waals surface area contributed by atoms with E-state index in [1.54, 1.807) is 42.1 Å². The molecule has 0 heterocycles. The monoisotopic (exact) mass is 361 g/mol. The topological polar surface area (TPSA) is 55.4 Å². The van der Waals surface area contributed by atoms with Gasteiger partial charge >= 0.3 is 5.97 Å². The number of amides is 1. The molecule has 0 spiro atoms. The number of hydrogen-bond acceptors (Lipinski definition) is 4. The second-order valence-electron chi connectivity index (χ2n) is 4.74. The lowest BCUT2D eigenvalue weighted by Crippen LogP contribution is -2.20. The molecule has 0 bridgehead atoms. The van der Waals surface area contributed by atoms with E-state index < -0.39 is 11.9 Å². The Morgan fingerprint density at radius 1 is 1.17 bits per heavy atom. The summed E-state index contributed by atoms with van der Waals surface area (Å²) >= 11 is 7.58. The highest BCUT2D eigenvalue weighted by molar-refractivity contribution is 7.98. The number of halogens is 1. The highest BCUT2D eigenvalue weighted by Crippen LogP contribution is 2.20. The maximum atomic E-state index is 11.7. The number of anilines is 1. The fraction of sp³-hybridized carbons (Fsp3) is 0.111. The zero-order chi connectivity index (χ0) is 17.4. The van der Waals surface area contributed by atoms with Gasteiger partial charge in [0.15, 0.2) is 6.61 Å². The Bertz CT molecular complexity index is 744. The summed E-state index contributed by atoms with van der Waals surface area (Å²) in [6, 6.07) is 14.6. The maximum Gasteiger partial charge on any atom is 0.331 e. The third-order valence-corrected chi connectivity index (χ3v) is 4.09. The Hall–Kier alpha value is -2.24. The van der Waals surface area contributed by atoms with Crippen molar-refractivity contribution in [3.63, 3.8) is 0 Å². The molecule has 0 aliphatic carbocycles. The molecule has 0 unspecified atom stereocenters. The van der Waals surface area contributed by atoms with Crippen molar-refractivity contribution in [2.24, 2.45) is 0 Å². The first-order valence-electron chi connectivity index (χ1n) is 7.12. The van der Waals surface area contributed by atoms with Crippen LogP contribution >= 0.6 is 23.4 Å². The number of carbonyl (C=O) groups excluding carboxylic acids is 2. The van der Waals surface area contributed by atoms with E-state index in [-0.39, 0.29) is 6.61 Å². The Morgan fingerprint density at radius 3 is 2.54 bits per heavy atom. The van der Waals surface area contributed by atoms with Crippen molar-refractivity contribution in [1.29, 1.82) is 0 Å². The normalized spacial score (nSPS) is 10.6. The molecule has 1 amide bonds. The highest BCUT2D eigenvalue weighted by Gasteiger charge is 2.07. The minimum absolute atomic E-state index is 0.375. The lowest BCUT2D eigenvalue weighted by atomic mass is 10.2. The van der Waals surface area contributed by atoms with Crippen LogP contribution in [0.5, 0.6) is 0 Å². The summed E-state index contributed by atoms with van der Waals surface area (Å²) < 4.78 is 4.90. The molecule has 0 aliphatic heterocycles. The van der Waals surface area contributed by atoms with Crippen LogP contribution in [0.4, 0.5) is 5.69 Å². The summed E-state index contributed by atoms with van der Waals surface area (Å²) in [5.41, 5.74) is 1.36. The molecular weight excluding hydrogens is 346 g/mol. The largest absolute Gasteiger partial charge is 0.452 e. The van der Waals surface area contributed by atoms with Gasteiger partial charge in [-0.2, -0.15) is 0 Å². The molecule has 2 aromatic carbocycles. The molecule has 1 N–H and O–H groups in total. The first kappa shape index (κ1) is 18.1. The molecule has 6 heteroatoms. The van der Waals surface area contributed by atoms with Crippen LogP contribution in [-0.4, -0.2) is 24.7 Å². The number of benzene rings is 2. The second-order valence-corrected chi connectivity index (χ2v) is 6.03. The number of thioether (sulfide) groups is 1. The lowest BCUT2D eigenvalue weighted by molar-refractivity contribution is -0.142. The van der Waals surface area contributed by atoms with Gasteiger partial charge in [0.25, 0.3) is 5.91 Å². The second kappa shape index (κ2) is 9.15. The number of para-hydroxylation sites is 1. The van der Waals surface area contributed by atoms with E-state index in [1.807, 2.05) is 30.5 Å². The van der Waals surface area contributed by atoms with Crippen LogP contribution in [0.25, 0.3) is 6.08 Å². The van der Waals surface area contributed by atoms with Gasteiger partial charge in [-0.1, -0.05) is 35.9 Å². The SMILES string of the molecule is CSc1ccc(/C=C/C(=O)OCC(=O)Nc2ccccc2Cl)cc1. The average Bonchev–Trinajstić information content (AvgIpc) is 2.60. The molecule has 2 aromatic rings. The van der Waals surface area contributed by atoms with Crippen LogP contribution < -0.4 is 5.32 Å². The summed E-state index contributed by atoms with van der Waals surface area (Å²) in [7, 11) is 0. The maximum absolute atomic E-state index is 11.7. The van der Waals surface area contributed by atoms with Crippen molar-refractivity contribution in [2.45, 2.75) is 4.90 Å². The standard InChI is InChI=1S/C18H16ClNO3S/c1-24-14-9-6-13(7-10-14)8-11-18(22)23-12-17(21)20-16-5-3-2-4-15(16)19/h2-11H,12H2,1H3,(H,20,21)/b11-8+. The minimum atomic E-state index is -0.585. The van der Waals surface area contributed by atoms with Crippen LogP contribution in [0.1, 0.15) is 5.56 Å². The highest BCUT2D eigenvalue weighted by atomic mass is 35.5. The smallest absolute Gasteiger partial charge is 0.331 e. The fourth-order valence-electron chi connectivity index (χ4n) is 1.81. The van der Waals surface area contributed by atoms with E-state index >= 15 is 0 Å². The third kappa shape index (κ3) is 5.76. The molecule has 0 atom stereocenters. The fourth-order valence-corrected chi connectivity index (χ4v) is 2.40. The summed E-state index contributed by atoms with van der Waals surface area (Å²) in [6.45, 7) is -0.375. The van der Waals surface area contributed by atoms with Crippen LogP contribution in [-0.2, 0) is 14.3 Å². The lowest BCUT2D eigenvalue weighted by Gasteiger charge is -2.06. The van der Waals surface area contributed by atoms with Gasteiger partial charge in [-0.05, 0) is 42.2 Å². The van der Waals surface area contributed by atoms with Crippen molar-refractivity contribution in [1.82, 2.24) is 0 Å². The van der Waals surface area contributed by atoms with Gasteiger partial charge in [0.1, 0.15) is 0 Å². The van der Waals surface area contributed by atoms with Gasteiger partial charge < -0.3 is 10.1 Å². The molecule has 2 rings (SSSR count). The number of carbonyl (C=O) groups is 2. The Kier molecular flexibility index (Phi) is 6.90. The quantitative estimate of drug-likeness (QED) is 0.474. The Balaban J connectivity index is 1.80. The molecule has 124 valence electrons. The number of rotatable bonds is 6. The molecular formula is C18H16ClNO3S. The molecule has 0 saturated heterocycles. The summed E-state index contributed by atoms with van der Waals surface area (Å²) in [6.07, 6.45) is 4.92. The first-order valence-corrected chi connectivity index (χ1v) is 8.72. The molecule has 0 aromatic heterocycles. The predicted octanol–water partition coefficient (Wildman–Crippen LogP) is 4.26. The summed E-state index contributed by atoms with van der Waals surface area (Å²) in [4.78, 5) is 24.5. The molecule has 0 saturated carbocycles. The predicted molar refractivity (Wildman–Crippen MR) is 98.3 cm³/mol. The van der Waals surface area contributed by atoms with E-state index in [0.717, 1.165) is 10.5 Å². The van der Waals surface area contributed by atoms with E-state index in [9.17, 15) is 9.59 Å². The van der Waals surface area contributed by atoms with Crippen molar-refractivity contribution in [3.8, 4) is 0 Å². The zero-order valence-corrected chi connectivity index (χ0v) is 14.6. The third-order valence-electron chi connectivity index (χ3n) is 3.02. The number of nitrogens with one attached hydrogen (secondary N) is 1. The van der Waals surface area contributed by atoms with Gasteiger partial charge in [-0.3, -0.25) is 4.79 Å². The van der Waals surface area contributed by atoms with E-state index in [2.05, 4.69) is 5.32 Å². The first-order chi connectivity index (χ1) is 11.6. The van der Waals surface area contributed by atoms with Crippen LogP contribution in [0.2, 0.25) is 5.02 Å². The van der Waals surface area contributed by atoms with Gasteiger partial charge in [0, 0.05) is 11.0 Å². The molecule has 4 nitrogen and oxygen atoms in total. The van der Waals surface area contributed by atoms with Gasteiger partial charge in [0.2, 0.25) is 0 Å². The van der Waals surface area contributed by atoms with Crippen LogP contribution in [0.3, 0.4) is 0 Å². The summed E-state index contributed by atoms with van der Waals surface area (Å²) in [5.74, 6) is -1.03. The molecule has 0 radical (unpaired) electrons. The van der Waals surface area contributed by atoms with Crippen molar-refractivity contribution in [3.05, 3.63) is 65.2 Å². The summed E-state index contributed by atoms with van der Waals surface area (Å²) in [5, 5.41) is 3.00. The van der Waals surface area contributed by atoms with E-state index in [0.29, 0.717) is 10.7 Å². The van der Waals surface area contributed by atoms with Crippen LogP contribution in [0, 0.1) is 0 Å². The van der Waals surface area contributed by atoms with Gasteiger partial charge in [0.05, 0.1) is 10.7 Å². The van der Waals surface area contributed by atoms with E-state index in [1.165, 1.54) is 6.08 Å². The molecule has 0 aliphatic rings. The zero-order valence-electron chi connectivity index (χ0n) is 13.0. The number of ether oxygens (including phenoxy) is 1. The van der Waals surface area contributed by atoms with Crippen LogP contribution in [0.15, 0.2) is 59.5 Å². The number of hydrogen-bond donors (Lipinski definition) is 1.